The number of hydrogen-bond donors (Lipinski definition) is 0. The average Bonchev–Trinajstić information content (AvgIpc) is 3.41. The maximum absolute atomic E-state index is 13.9. The van der Waals surface area contributed by atoms with Gasteiger partial charge in [-0.2, -0.15) is 0 Å². The lowest BCUT2D eigenvalue weighted by Crippen LogP contribution is -2.44. The van der Waals surface area contributed by atoms with Crippen molar-refractivity contribution in [3.8, 4) is 23.0 Å². The molecule has 10 heteroatoms. The molecule has 2 amide bonds. The summed E-state index contributed by atoms with van der Waals surface area (Å²) in [6.45, 7) is 3.73. The van der Waals surface area contributed by atoms with E-state index in [-0.39, 0.29) is 18.4 Å². The van der Waals surface area contributed by atoms with Gasteiger partial charge in [-0.05, 0) is 66.6 Å². The van der Waals surface area contributed by atoms with E-state index in [1.807, 2.05) is 41.5 Å². The topological polar surface area (TPSA) is 86.8 Å². The molecule has 0 aliphatic carbocycles. The van der Waals surface area contributed by atoms with Gasteiger partial charge in [0, 0.05) is 43.3 Å². The molecular weight excluding hydrogens is 544 g/mol. The molecule has 0 bridgehead atoms. The lowest BCUT2D eigenvalue weighted by molar-refractivity contribution is -0.132. The predicted octanol–water partition coefficient (Wildman–Crippen LogP) is 4.84. The van der Waals surface area contributed by atoms with Crippen LogP contribution in [0.15, 0.2) is 47.8 Å². The maximum atomic E-state index is 13.9. The van der Waals surface area contributed by atoms with Gasteiger partial charge in [0.05, 0.1) is 35.0 Å². The monoisotopic (exact) mass is 584 g/mol. The highest BCUT2D eigenvalue weighted by molar-refractivity contribution is 7.10. The van der Waals surface area contributed by atoms with E-state index in [1.165, 1.54) is 14.2 Å². The number of aryl methyl sites for hydroxylation is 1. The summed E-state index contributed by atoms with van der Waals surface area (Å²) < 4.78 is 26.8. The van der Waals surface area contributed by atoms with Crippen molar-refractivity contribution in [2.45, 2.75) is 26.3 Å². The molecular formula is C31H40N2O7S. The zero-order chi connectivity index (χ0) is 29.8. The van der Waals surface area contributed by atoms with E-state index < -0.39 is 0 Å². The third-order valence-corrected chi connectivity index (χ3v) is 7.77. The number of carbonyl (C=O) groups is 2. The molecule has 222 valence electrons. The van der Waals surface area contributed by atoms with Crippen LogP contribution in [0.25, 0.3) is 0 Å². The molecule has 1 aromatic heterocycles. The summed E-state index contributed by atoms with van der Waals surface area (Å²) in [5.74, 6) is 1.87. The molecule has 0 radical (unpaired) electrons. The van der Waals surface area contributed by atoms with Crippen molar-refractivity contribution >= 4 is 23.2 Å². The third-order valence-electron chi connectivity index (χ3n) is 6.76. The Morgan fingerprint density at radius 1 is 0.805 bits per heavy atom. The highest BCUT2D eigenvalue weighted by Crippen LogP contribution is 2.28. The number of carbonyl (C=O) groups excluding carboxylic acids is 2. The Kier molecular flexibility index (Phi) is 12.3. The number of ether oxygens (including phenoxy) is 5. The number of nitrogens with zero attached hydrogens (tertiary/aromatic N) is 2. The van der Waals surface area contributed by atoms with Gasteiger partial charge in [-0.1, -0.05) is 6.07 Å². The molecule has 3 aromatic rings. The van der Waals surface area contributed by atoms with E-state index >= 15 is 0 Å². The van der Waals surface area contributed by atoms with Crippen molar-refractivity contribution in [1.29, 1.82) is 0 Å². The number of hydrogen-bond acceptors (Lipinski definition) is 8. The van der Waals surface area contributed by atoms with E-state index in [1.54, 1.807) is 55.8 Å². The van der Waals surface area contributed by atoms with Crippen molar-refractivity contribution in [1.82, 2.24) is 9.80 Å². The fourth-order valence-corrected chi connectivity index (χ4v) is 5.28. The van der Waals surface area contributed by atoms with Gasteiger partial charge in [-0.25, -0.2) is 0 Å². The fraction of sp³-hybridized carbons (Fsp3) is 0.419. The van der Waals surface area contributed by atoms with Crippen molar-refractivity contribution in [2.24, 2.45) is 0 Å². The minimum Gasteiger partial charge on any atom is -0.497 e. The van der Waals surface area contributed by atoms with Crippen LogP contribution < -0.4 is 18.9 Å². The summed E-state index contributed by atoms with van der Waals surface area (Å²) in [5.41, 5.74) is 2.53. The van der Waals surface area contributed by atoms with Crippen LogP contribution in [0, 0.1) is 6.92 Å². The SMILES string of the molecule is COCCCN(CC(=O)N(CCc1ccc(OC)c(OC)c1)Cc1sccc1C)C(=O)c1cc(OC)cc(OC)c1. The number of rotatable bonds is 16. The molecule has 0 N–H and O–H groups in total. The Labute approximate surface area is 246 Å². The second-order valence-corrected chi connectivity index (χ2v) is 10.5. The van der Waals surface area contributed by atoms with Crippen LogP contribution in [0.4, 0.5) is 0 Å². The molecule has 3 rings (SSSR count). The van der Waals surface area contributed by atoms with Gasteiger partial charge in [0.2, 0.25) is 5.91 Å². The molecule has 9 nitrogen and oxygen atoms in total. The van der Waals surface area contributed by atoms with E-state index in [4.69, 9.17) is 23.7 Å². The molecule has 0 aliphatic heterocycles. The largest absolute Gasteiger partial charge is 0.497 e. The van der Waals surface area contributed by atoms with Gasteiger partial charge >= 0.3 is 0 Å². The van der Waals surface area contributed by atoms with Crippen LogP contribution >= 0.6 is 11.3 Å². The molecule has 41 heavy (non-hydrogen) atoms. The predicted molar refractivity (Wildman–Crippen MR) is 160 cm³/mol. The second kappa shape index (κ2) is 15.9. The summed E-state index contributed by atoms with van der Waals surface area (Å²) in [5, 5.41) is 2.03. The summed E-state index contributed by atoms with van der Waals surface area (Å²) in [6.07, 6.45) is 1.20. The minimum absolute atomic E-state index is 0.0710. The van der Waals surface area contributed by atoms with Crippen LogP contribution in [0.5, 0.6) is 23.0 Å². The summed E-state index contributed by atoms with van der Waals surface area (Å²) in [6, 6.07) is 12.8. The normalized spacial score (nSPS) is 10.7. The first-order valence-corrected chi connectivity index (χ1v) is 14.2. The van der Waals surface area contributed by atoms with Crippen LogP contribution in [-0.2, 0) is 22.5 Å². The van der Waals surface area contributed by atoms with Crippen LogP contribution in [0.2, 0.25) is 0 Å². The van der Waals surface area contributed by atoms with E-state index in [0.717, 1.165) is 16.0 Å². The summed E-state index contributed by atoms with van der Waals surface area (Å²) in [7, 11) is 7.88. The van der Waals surface area contributed by atoms with Crippen molar-refractivity contribution in [3.63, 3.8) is 0 Å². The van der Waals surface area contributed by atoms with E-state index in [0.29, 0.717) is 67.6 Å². The molecule has 0 spiro atoms. The lowest BCUT2D eigenvalue weighted by Gasteiger charge is -2.28. The standard InChI is InChI=1S/C31H40N2O7S/c1-22-11-15-41-29(22)20-32(13-10-23-8-9-27(39-5)28(16-23)40-6)30(34)21-33(12-7-14-36-2)31(35)24-17-25(37-3)19-26(18-24)38-4/h8-9,11,15-19H,7,10,12-14,20-21H2,1-6H3. The fourth-order valence-electron chi connectivity index (χ4n) is 4.36. The number of amides is 2. The van der Waals surface area contributed by atoms with Crippen LogP contribution in [-0.4, -0.2) is 83.4 Å². The molecule has 0 unspecified atom stereocenters. The summed E-state index contributed by atoms with van der Waals surface area (Å²) >= 11 is 1.62. The van der Waals surface area contributed by atoms with Crippen molar-refractivity contribution in [2.75, 3.05) is 61.8 Å². The zero-order valence-electron chi connectivity index (χ0n) is 24.7. The van der Waals surface area contributed by atoms with Crippen molar-refractivity contribution < 1.29 is 33.3 Å². The third kappa shape index (κ3) is 8.86. The van der Waals surface area contributed by atoms with Gasteiger partial charge < -0.3 is 33.5 Å². The van der Waals surface area contributed by atoms with Crippen molar-refractivity contribution in [3.05, 3.63) is 69.4 Å². The Bertz CT molecular complexity index is 1270. The average molecular weight is 585 g/mol. The van der Waals surface area contributed by atoms with Crippen LogP contribution in [0.1, 0.15) is 32.8 Å². The quantitative estimate of drug-likeness (QED) is 0.223. The molecule has 0 saturated heterocycles. The highest BCUT2D eigenvalue weighted by atomic mass is 32.1. The highest BCUT2D eigenvalue weighted by Gasteiger charge is 2.24. The first kappa shape index (κ1) is 31.8. The summed E-state index contributed by atoms with van der Waals surface area (Å²) in [4.78, 5) is 32.1. The Balaban J connectivity index is 1.85. The molecule has 2 aromatic carbocycles. The Morgan fingerprint density at radius 2 is 1.51 bits per heavy atom. The molecule has 0 aliphatic rings. The smallest absolute Gasteiger partial charge is 0.254 e. The maximum Gasteiger partial charge on any atom is 0.254 e. The Hall–Kier alpha value is -3.76. The lowest BCUT2D eigenvalue weighted by atomic mass is 10.1. The van der Waals surface area contributed by atoms with E-state index in [2.05, 4.69) is 0 Å². The number of thiophene rings is 1. The van der Waals surface area contributed by atoms with Gasteiger partial charge in [0.25, 0.3) is 5.91 Å². The molecule has 1 heterocycles. The van der Waals surface area contributed by atoms with Gasteiger partial charge in [0.15, 0.2) is 11.5 Å². The second-order valence-electron chi connectivity index (χ2n) is 9.46. The first-order valence-electron chi connectivity index (χ1n) is 13.4. The molecule has 0 saturated carbocycles. The van der Waals surface area contributed by atoms with Gasteiger partial charge in [-0.15, -0.1) is 11.3 Å². The van der Waals surface area contributed by atoms with Gasteiger partial charge in [0.1, 0.15) is 18.0 Å². The van der Waals surface area contributed by atoms with Gasteiger partial charge in [-0.3, -0.25) is 9.59 Å². The van der Waals surface area contributed by atoms with E-state index in [9.17, 15) is 9.59 Å². The first-order chi connectivity index (χ1) is 19.8. The molecule has 0 fully saturated rings. The number of methoxy groups -OCH3 is 5. The minimum atomic E-state index is -0.279. The zero-order valence-corrected chi connectivity index (χ0v) is 25.5. The number of benzene rings is 2. The van der Waals surface area contributed by atoms with Crippen LogP contribution in [0.3, 0.4) is 0 Å². The Morgan fingerprint density at radius 3 is 2.10 bits per heavy atom. The molecule has 0 atom stereocenters.